The number of hydrogen-bond donors (Lipinski definition) is 1. The van der Waals surface area contributed by atoms with Crippen LogP contribution in [-0.4, -0.2) is 39.8 Å². The van der Waals surface area contributed by atoms with Crippen LogP contribution in [0.25, 0.3) is 0 Å². The van der Waals surface area contributed by atoms with Crippen molar-refractivity contribution >= 4 is 28.2 Å². The van der Waals surface area contributed by atoms with Gasteiger partial charge >= 0.3 is 5.97 Å². The van der Waals surface area contributed by atoms with Crippen LogP contribution in [0.15, 0.2) is 12.1 Å². The fourth-order valence-corrected chi connectivity index (χ4v) is 3.60. The number of methoxy groups -OCH3 is 3. The summed E-state index contributed by atoms with van der Waals surface area (Å²) in [6.07, 6.45) is 0. The minimum Gasteiger partial charge on any atom is -0.493 e. The van der Waals surface area contributed by atoms with Crippen LogP contribution in [0.3, 0.4) is 0 Å². The normalized spacial score (nSPS) is 10.3. The highest BCUT2D eigenvalue weighted by molar-refractivity contribution is 7.16. The molecular weight excluding hydrogens is 370 g/mol. The first-order valence-electron chi connectivity index (χ1n) is 8.26. The number of aryl methyl sites for hydroxylation is 1. The van der Waals surface area contributed by atoms with Crippen molar-refractivity contribution in [3.8, 4) is 17.2 Å². The second-order valence-corrected chi connectivity index (χ2v) is 6.80. The highest BCUT2D eigenvalue weighted by Crippen LogP contribution is 2.39. The summed E-state index contributed by atoms with van der Waals surface area (Å²) in [6.45, 7) is 5.71. The Balaban J connectivity index is 2.41. The molecule has 1 amide bonds. The van der Waals surface area contributed by atoms with Gasteiger partial charge in [-0.1, -0.05) is 0 Å². The Hall–Kier alpha value is -2.74. The van der Waals surface area contributed by atoms with Gasteiger partial charge in [-0.2, -0.15) is 0 Å². The number of carbonyl (C=O) groups is 2. The minimum absolute atomic E-state index is 0.257. The van der Waals surface area contributed by atoms with Crippen LogP contribution >= 0.6 is 11.3 Å². The molecular formula is C19H23NO6S. The molecule has 0 saturated carbocycles. The van der Waals surface area contributed by atoms with E-state index < -0.39 is 11.9 Å². The van der Waals surface area contributed by atoms with Crippen molar-refractivity contribution in [3.05, 3.63) is 33.7 Å². The molecule has 0 saturated heterocycles. The van der Waals surface area contributed by atoms with Gasteiger partial charge in [-0.05, 0) is 38.5 Å². The molecule has 2 aromatic rings. The van der Waals surface area contributed by atoms with E-state index in [1.54, 1.807) is 19.1 Å². The quantitative estimate of drug-likeness (QED) is 0.720. The number of amides is 1. The van der Waals surface area contributed by atoms with Gasteiger partial charge in [0.2, 0.25) is 5.75 Å². The summed E-state index contributed by atoms with van der Waals surface area (Å²) < 4.78 is 20.9. The van der Waals surface area contributed by atoms with Gasteiger partial charge < -0.3 is 24.3 Å². The van der Waals surface area contributed by atoms with Crippen molar-refractivity contribution in [1.29, 1.82) is 0 Å². The van der Waals surface area contributed by atoms with E-state index in [2.05, 4.69) is 5.32 Å². The number of thiophene rings is 1. The maximum Gasteiger partial charge on any atom is 0.341 e. The summed E-state index contributed by atoms with van der Waals surface area (Å²) in [4.78, 5) is 26.0. The Morgan fingerprint density at radius 1 is 1.04 bits per heavy atom. The number of rotatable bonds is 7. The lowest BCUT2D eigenvalue weighted by Gasteiger charge is -2.14. The molecule has 0 bridgehead atoms. The van der Waals surface area contributed by atoms with Crippen LogP contribution in [0.2, 0.25) is 0 Å². The van der Waals surface area contributed by atoms with Crippen molar-refractivity contribution < 1.29 is 28.5 Å². The molecule has 1 N–H and O–H groups in total. The van der Waals surface area contributed by atoms with E-state index in [1.807, 2.05) is 13.8 Å². The summed E-state index contributed by atoms with van der Waals surface area (Å²) >= 11 is 1.33. The molecule has 8 heteroatoms. The Kier molecular flexibility index (Phi) is 6.68. The fraction of sp³-hybridized carbons (Fsp3) is 0.368. The molecule has 1 heterocycles. The Morgan fingerprint density at radius 3 is 2.11 bits per heavy atom. The highest BCUT2D eigenvalue weighted by atomic mass is 32.1. The minimum atomic E-state index is -0.459. The van der Waals surface area contributed by atoms with Crippen molar-refractivity contribution in [1.82, 2.24) is 0 Å². The average molecular weight is 393 g/mol. The van der Waals surface area contributed by atoms with E-state index in [-0.39, 0.29) is 6.61 Å². The van der Waals surface area contributed by atoms with Crippen molar-refractivity contribution in [3.63, 3.8) is 0 Å². The van der Waals surface area contributed by atoms with E-state index in [0.29, 0.717) is 33.4 Å². The predicted molar refractivity (Wildman–Crippen MR) is 104 cm³/mol. The monoisotopic (exact) mass is 393 g/mol. The SMILES string of the molecule is CCOC(=O)c1c(NC(=O)c2cc(OC)c(OC)c(OC)c2)sc(C)c1C. The maximum atomic E-state index is 12.8. The first kappa shape index (κ1) is 20.6. The second-order valence-electron chi connectivity index (χ2n) is 5.58. The maximum absolute atomic E-state index is 12.8. The average Bonchev–Trinajstić information content (AvgIpc) is 2.93. The van der Waals surface area contributed by atoms with Crippen LogP contribution in [0.5, 0.6) is 17.2 Å². The lowest BCUT2D eigenvalue weighted by Crippen LogP contribution is -2.15. The molecule has 0 aliphatic rings. The van der Waals surface area contributed by atoms with E-state index >= 15 is 0 Å². The third-order valence-corrected chi connectivity index (χ3v) is 5.14. The van der Waals surface area contributed by atoms with Crippen LogP contribution in [0, 0.1) is 13.8 Å². The zero-order valence-corrected chi connectivity index (χ0v) is 17.0. The van der Waals surface area contributed by atoms with E-state index in [9.17, 15) is 9.59 Å². The highest BCUT2D eigenvalue weighted by Gasteiger charge is 2.23. The van der Waals surface area contributed by atoms with Gasteiger partial charge in [0.1, 0.15) is 5.00 Å². The number of benzene rings is 1. The van der Waals surface area contributed by atoms with Gasteiger partial charge in [-0.3, -0.25) is 4.79 Å². The lowest BCUT2D eigenvalue weighted by atomic mass is 10.1. The van der Waals surface area contributed by atoms with Gasteiger partial charge in [-0.25, -0.2) is 4.79 Å². The number of esters is 1. The van der Waals surface area contributed by atoms with E-state index in [1.165, 1.54) is 32.7 Å². The summed E-state index contributed by atoms with van der Waals surface area (Å²) in [7, 11) is 4.44. The standard InChI is InChI=1S/C19H23NO6S/c1-7-26-19(22)15-10(2)11(3)27-18(15)20-17(21)12-8-13(23-4)16(25-6)14(9-12)24-5/h8-9H,7H2,1-6H3,(H,20,21). The van der Waals surface area contributed by atoms with Crippen LogP contribution < -0.4 is 19.5 Å². The second kappa shape index (κ2) is 8.77. The largest absolute Gasteiger partial charge is 0.493 e. The van der Waals surface area contributed by atoms with Crippen LogP contribution in [0.1, 0.15) is 38.1 Å². The number of carbonyl (C=O) groups excluding carboxylic acids is 2. The zero-order valence-electron chi connectivity index (χ0n) is 16.2. The van der Waals surface area contributed by atoms with Crippen LogP contribution in [0.4, 0.5) is 5.00 Å². The molecule has 7 nitrogen and oxygen atoms in total. The third kappa shape index (κ3) is 4.16. The fourth-order valence-electron chi connectivity index (χ4n) is 2.55. The number of anilines is 1. The summed E-state index contributed by atoms with van der Waals surface area (Å²) in [5, 5.41) is 3.24. The Morgan fingerprint density at radius 2 is 1.63 bits per heavy atom. The lowest BCUT2D eigenvalue weighted by molar-refractivity contribution is 0.0527. The van der Waals surface area contributed by atoms with Gasteiger partial charge in [0.25, 0.3) is 5.91 Å². The number of nitrogens with one attached hydrogen (secondary N) is 1. The zero-order chi connectivity index (χ0) is 20.1. The number of ether oxygens (including phenoxy) is 4. The Labute approximate surface area is 162 Å². The molecule has 0 radical (unpaired) electrons. The molecule has 146 valence electrons. The van der Waals surface area contributed by atoms with Gasteiger partial charge in [0.05, 0.1) is 33.5 Å². The molecule has 0 aliphatic carbocycles. The van der Waals surface area contributed by atoms with Crippen LogP contribution in [-0.2, 0) is 4.74 Å². The first-order chi connectivity index (χ1) is 12.9. The summed E-state index contributed by atoms with van der Waals surface area (Å²) in [6, 6.07) is 3.10. The molecule has 0 fully saturated rings. The predicted octanol–water partition coefficient (Wildman–Crippen LogP) is 3.82. The van der Waals surface area contributed by atoms with Crippen molar-refractivity contribution in [2.75, 3.05) is 33.3 Å². The molecule has 0 aliphatic heterocycles. The molecule has 27 heavy (non-hydrogen) atoms. The van der Waals surface area contributed by atoms with Crippen molar-refractivity contribution in [2.24, 2.45) is 0 Å². The van der Waals surface area contributed by atoms with Crippen molar-refractivity contribution in [2.45, 2.75) is 20.8 Å². The van der Waals surface area contributed by atoms with Gasteiger partial charge in [0, 0.05) is 10.4 Å². The molecule has 1 aromatic heterocycles. The summed E-state index contributed by atoms with van der Waals surface area (Å²) in [5.41, 5.74) is 1.47. The molecule has 2 rings (SSSR count). The van der Waals surface area contributed by atoms with E-state index in [0.717, 1.165) is 10.4 Å². The Bertz CT molecular complexity index is 833. The molecule has 0 spiro atoms. The number of hydrogen-bond acceptors (Lipinski definition) is 7. The molecule has 0 atom stereocenters. The van der Waals surface area contributed by atoms with E-state index in [4.69, 9.17) is 18.9 Å². The molecule has 0 unspecified atom stereocenters. The summed E-state index contributed by atoms with van der Waals surface area (Å²) in [5.74, 6) is 0.268. The smallest absolute Gasteiger partial charge is 0.341 e. The molecule has 1 aromatic carbocycles. The first-order valence-corrected chi connectivity index (χ1v) is 9.07. The third-order valence-electron chi connectivity index (χ3n) is 4.02. The van der Waals surface area contributed by atoms with Gasteiger partial charge in [-0.15, -0.1) is 11.3 Å². The topological polar surface area (TPSA) is 83.1 Å². The van der Waals surface area contributed by atoms with Gasteiger partial charge in [0.15, 0.2) is 11.5 Å².